The van der Waals surface area contributed by atoms with Crippen molar-refractivity contribution in [3.63, 3.8) is 0 Å². The fourth-order valence-electron chi connectivity index (χ4n) is 4.39. The van der Waals surface area contributed by atoms with Gasteiger partial charge in [-0.3, -0.25) is 14.2 Å². The first-order valence-electron chi connectivity index (χ1n) is 11.0. The van der Waals surface area contributed by atoms with Crippen molar-refractivity contribution in [3.8, 4) is 17.1 Å². The van der Waals surface area contributed by atoms with E-state index in [0.717, 1.165) is 16.8 Å². The molecule has 2 atom stereocenters. The van der Waals surface area contributed by atoms with Crippen LogP contribution in [0.3, 0.4) is 0 Å². The predicted molar refractivity (Wildman–Crippen MR) is 125 cm³/mol. The minimum absolute atomic E-state index is 0.236. The first-order valence-corrected chi connectivity index (χ1v) is 11.0. The van der Waals surface area contributed by atoms with Crippen LogP contribution < -0.4 is 15.6 Å². The monoisotopic (exact) mass is 448 g/mol. The number of fused-ring (bicyclic) bond motifs is 1. The van der Waals surface area contributed by atoms with Crippen LogP contribution in [0.2, 0.25) is 0 Å². The summed E-state index contributed by atoms with van der Waals surface area (Å²) in [4.78, 5) is 34.2. The third kappa shape index (κ3) is 4.20. The minimum Gasteiger partial charge on any atom is -0.481 e. The molecule has 0 spiro atoms. The smallest absolute Gasteiger partial charge is 0.302 e. The SMILES string of the molecule is CCc1nc(-c2ccc(OC)nc2C)c(=O)n(C)c1N[C@@H]1c2ccccc2C[C@@H]1OC(C)=O. The van der Waals surface area contributed by atoms with Gasteiger partial charge in [-0.1, -0.05) is 31.2 Å². The Morgan fingerprint density at radius 2 is 1.97 bits per heavy atom. The van der Waals surface area contributed by atoms with Gasteiger partial charge in [-0.25, -0.2) is 9.97 Å². The number of carbonyl (C=O) groups excluding carboxylic acids is 1. The average molecular weight is 449 g/mol. The van der Waals surface area contributed by atoms with Gasteiger partial charge in [0.25, 0.3) is 5.56 Å². The second-order valence-electron chi connectivity index (χ2n) is 8.13. The number of ether oxygens (including phenoxy) is 2. The maximum atomic E-state index is 13.4. The van der Waals surface area contributed by atoms with Crippen molar-refractivity contribution < 1.29 is 14.3 Å². The molecule has 8 heteroatoms. The molecule has 172 valence electrons. The molecular formula is C25H28N4O4. The zero-order valence-corrected chi connectivity index (χ0v) is 19.5. The molecule has 0 amide bonds. The molecule has 0 saturated heterocycles. The van der Waals surface area contributed by atoms with Gasteiger partial charge in [-0.15, -0.1) is 0 Å². The highest BCUT2D eigenvalue weighted by molar-refractivity contribution is 5.67. The number of anilines is 1. The lowest BCUT2D eigenvalue weighted by Gasteiger charge is -2.25. The van der Waals surface area contributed by atoms with Crippen molar-refractivity contribution in [1.29, 1.82) is 0 Å². The summed E-state index contributed by atoms with van der Waals surface area (Å²) < 4.78 is 12.4. The largest absolute Gasteiger partial charge is 0.481 e. The van der Waals surface area contributed by atoms with Crippen LogP contribution in [0.4, 0.5) is 5.82 Å². The van der Waals surface area contributed by atoms with Gasteiger partial charge in [0.1, 0.15) is 17.6 Å². The number of aryl methyl sites for hydroxylation is 2. The number of rotatable bonds is 6. The molecule has 0 radical (unpaired) electrons. The Labute approximate surface area is 192 Å². The first kappa shape index (κ1) is 22.5. The average Bonchev–Trinajstić information content (AvgIpc) is 3.13. The number of nitrogens with one attached hydrogen (secondary N) is 1. The third-order valence-electron chi connectivity index (χ3n) is 6.01. The molecule has 33 heavy (non-hydrogen) atoms. The van der Waals surface area contributed by atoms with Crippen molar-refractivity contribution in [1.82, 2.24) is 14.5 Å². The van der Waals surface area contributed by atoms with E-state index in [2.05, 4.69) is 10.3 Å². The van der Waals surface area contributed by atoms with E-state index in [0.29, 0.717) is 41.5 Å². The van der Waals surface area contributed by atoms with Crippen molar-refractivity contribution in [3.05, 3.63) is 69.3 Å². The number of aromatic nitrogens is 3. The first-order chi connectivity index (χ1) is 15.8. The van der Waals surface area contributed by atoms with E-state index < -0.39 is 0 Å². The molecule has 4 rings (SSSR count). The van der Waals surface area contributed by atoms with Crippen LogP contribution >= 0.6 is 0 Å². The molecule has 0 bridgehead atoms. The van der Waals surface area contributed by atoms with Gasteiger partial charge in [0, 0.05) is 32.0 Å². The molecule has 1 aliphatic carbocycles. The summed E-state index contributed by atoms with van der Waals surface area (Å²) in [6, 6.07) is 11.2. The summed E-state index contributed by atoms with van der Waals surface area (Å²) in [5, 5.41) is 3.48. The lowest BCUT2D eigenvalue weighted by Crippen LogP contribution is -2.31. The molecular weight excluding hydrogens is 420 g/mol. The zero-order valence-electron chi connectivity index (χ0n) is 19.5. The van der Waals surface area contributed by atoms with Crippen LogP contribution in [0.25, 0.3) is 11.3 Å². The van der Waals surface area contributed by atoms with Crippen molar-refractivity contribution in [2.24, 2.45) is 7.05 Å². The molecule has 3 aromatic rings. The number of pyridine rings is 1. The maximum absolute atomic E-state index is 13.4. The minimum atomic E-state index is -0.368. The molecule has 8 nitrogen and oxygen atoms in total. The van der Waals surface area contributed by atoms with Crippen LogP contribution in [-0.4, -0.2) is 33.7 Å². The number of methoxy groups -OCH3 is 1. The fraction of sp³-hybridized carbons (Fsp3) is 0.360. The number of esters is 1. The normalized spacial score (nSPS) is 16.9. The van der Waals surface area contributed by atoms with E-state index in [1.807, 2.05) is 38.1 Å². The standard InChI is InChI=1S/C25H28N4O4/c1-6-19-24(28-22-18-10-8-7-9-16(18)13-20(22)33-15(3)30)29(4)25(31)23(27-19)17-11-12-21(32-5)26-14(17)2/h7-12,20,22,28H,6,13H2,1-5H3/t20-,22+/m0/s1. The van der Waals surface area contributed by atoms with Gasteiger partial charge < -0.3 is 14.8 Å². The number of hydrogen-bond donors (Lipinski definition) is 1. The van der Waals surface area contributed by atoms with E-state index in [-0.39, 0.29) is 23.7 Å². The van der Waals surface area contributed by atoms with Gasteiger partial charge in [0.05, 0.1) is 24.5 Å². The van der Waals surface area contributed by atoms with E-state index in [9.17, 15) is 9.59 Å². The summed E-state index contributed by atoms with van der Waals surface area (Å²) in [5.41, 5.74) is 4.36. The second kappa shape index (κ2) is 9.05. The highest BCUT2D eigenvalue weighted by atomic mass is 16.5. The Morgan fingerprint density at radius 1 is 1.21 bits per heavy atom. The third-order valence-corrected chi connectivity index (χ3v) is 6.01. The van der Waals surface area contributed by atoms with Crippen molar-refractivity contribution in [2.45, 2.75) is 45.8 Å². The summed E-state index contributed by atoms with van der Waals surface area (Å²) in [7, 11) is 3.28. The van der Waals surface area contributed by atoms with Gasteiger partial charge in [0.2, 0.25) is 5.88 Å². The Balaban J connectivity index is 1.78. The van der Waals surface area contributed by atoms with Crippen molar-refractivity contribution in [2.75, 3.05) is 12.4 Å². The number of nitrogens with zero attached hydrogens (tertiary/aromatic N) is 3. The zero-order chi connectivity index (χ0) is 23.7. The summed E-state index contributed by atoms with van der Waals surface area (Å²) in [5.74, 6) is 0.767. The van der Waals surface area contributed by atoms with Gasteiger partial charge >= 0.3 is 5.97 Å². The molecule has 1 aromatic carbocycles. The second-order valence-corrected chi connectivity index (χ2v) is 8.13. The van der Waals surface area contributed by atoms with E-state index in [4.69, 9.17) is 14.5 Å². The molecule has 2 aromatic heterocycles. The molecule has 2 heterocycles. The molecule has 0 unspecified atom stereocenters. The highest BCUT2D eigenvalue weighted by Crippen LogP contribution is 2.36. The molecule has 1 aliphatic rings. The van der Waals surface area contributed by atoms with Crippen LogP contribution in [-0.2, 0) is 29.4 Å². The van der Waals surface area contributed by atoms with Crippen LogP contribution in [0.15, 0.2) is 41.2 Å². The quantitative estimate of drug-likeness (QED) is 0.578. The molecule has 1 N–H and O–H groups in total. The summed E-state index contributed by atoms with van der Waals surface area (Å²) in [6.07, 6.45) is 0.858. The lowest BCUT2D eigenvalue weighted by molar-refractivity contribution is -0.146. The number of carbonyl (C=O) groups is 1. The molecule has 0 aliphatic heterocycles. The van der Waals surface area contributed by atoms with Crippen LogP contribution in [0.5, 0.6) is 5.88 Å². The fourth-order valence-corrected chi connectivity index (χ4v) is 4.39. The molecule has 0 saturated carbocycles. The Morgan fingerprint density at radius 3 is 2.64 bits per heavy atom. The predicted octanol–water partition coefficient (Wildman–Crippen LogP) is 3.36. The summed E-state index contributed by atoms with van der Waals surface area (Å²) in [6.45, 7) is 5.23. The van der Waals surface area contributed by atoms with Gasteiger partial charge in [-0.2, -0.15) is 0 Å². The molecule has 0 fully saturated rings. The maximum Gasteiger partial charge on any atom is 0.302 e. The lowest BCUT2D eigenvalue weighted by atomic mass is 10.1. The van der Waals surface area contributed by atoms with Crippen LogP contribution in [0.1, 0.15) is 42.4 Å². The van der Waals surface area contributed by atoms with Crippen LogP contribution in [0, 0.1) is 6.92 Å². The highest BCUT2D eigenvalue weighted by Gasteiger charge is 2.35. The number of benzene rings is 1. The van der Waals surface area contributed by atoms with Gasteiger partial charge in [0.15, 0.2) is 0 Å². The van der Waals surface area contributed by atoms with Crippen molar-refractivity contribution >= 4 is 11.8 Å². The Hall–Kier alpha value is -3.68. The van der Waals surface area contributed by atoms with E-state index >= 15 is 0 Å². The Kier molecular flexibility index (Phi) is 6.18. The van der Waals surface area contributed by atoms with E-state index in [1.54, 1.807) is 30.9 Å². The van der Waals surface area contributed by atoms with Gasteiger partial charge in [-0.05, 0) is 30.5 Å². The number of hydrogen-bond acceptors (Lipinski definition) is 7. The summed E-state index contributed by atoms with van der Waals surface area (Å²) >= 11 is 0. The van der Waals surface area contributed by atoms with E-state index in [1.165, 1.54) is 6.92 Å². The topological polar surface area (TPSA) is 95.3 Å². The Bertz CT molecular complexity index is 1270.